The number of hydrogen-bond acceptors (Lipinski definition) is 4. The van der Waals surface area contributed by atoms with Crippen molar-refractivity contribution in [3.8, 4) is 5.75 Å². The van der Waals surface area contributed by atoms with E-state index in [1.807, 2.05) is 6.07 Å². The SMILES string of the molecule is Cc1cc(C)cc(OCC(=O)N2N=C(C(F)(F)C(F)(F)C(F)(F)F)C[C@@]2(O)C(C)(C)C)c1. The van der Waals surface area contributed by atoms with Gasteiger partial charge in [-0.3, -0.25) is 4.79 Å². The topological polar surface area (TPSA) is 62.1 Å². The Morgan fingerprint density at radius 1 is 1.06 bits per heavy atom. The third kappa shape index (κ3) is 4.41. The molecule has 32 heavy (non-hydrogen) atoms. The van der Waals surface area contributed by atoms with E-state index >= 15 is 0 Å². The average molecular weight is 472 g/mol. The predicted octanol–water partition coefficient (Wildman–Crippen LogP) is 4.84. The van der Waals surface area contributed by atoms with Crippen LogP contribution in [-0.2, 0) is 4.79 Å². The molecule has 1 amide bonds. The van der Waals surface area contributed by atoms with Crippen LogP contribution in [0.2, 0.25) is 0 Å². The maximum atomic E-state index is 14.2. The fourth-order valence-corrected chi connectivity index (χ4v) is 3.15. The van der Waals surface area contributed by atoms with Crippen LogP contribution in [0, 0.1) is 19.3 Å². The lowest BCUT2D eigenvalue weighted by molar-refractivity contribution is -0.336. The van der Waals surface area contributed by atoms with Crippen molar-refractivity contribution in [2.45, 2.75) is 64.8 Å². The average Bonchev–Trinajstić information content (AvgIpc) is 2.97. The van der Waals surface area contributed by atoms with Gasteiger partial charge in [-0.1, -0.05) is 26.8 Å². The van der Waals surface area contributed by atoms with Gasteiger partial charge in [-0.25, -0.2) is 0 Å². The molecule has 2 rings (SSSR count). The zero-order valence-corrected chi connectivity index (χ0v) is 18.0. The van der Waals surface area contributed by atoms with Crippen molar-refractivity contribution in [2.75, 3.05) is 6.61 Å². The first-order valence-electron chi connectivity index (χ1n) is 9.41. The Labute approximate surface area is 179 Å². The van der Waals surface area contributed by atoms with Gasteiger partial charge in [0.2, 0.25) is 0 Å². The summed E-state index contributed by atoms with van der Waals surface area (Å²) < 4.78 is 98.6. The summed E-state index contributed by atoms with van der Waals surface area (Å²) in [6, 6.07) is 4.94. The summed E-state index contributed by atoms with van der Waals surface area (Å²) in [7, 11) is 0. The molecular weight excluding hydrogens is 449 g/mol. The van der Waals surface area contributed by atoms with E-state index in [-0.39, 0.29) is 10.8 Å². The van der Waals surface area contributed by atoms with Gasteiger partial charge in [0.25, 0.3) is 5.91 Å². The molecule has 1 aromatic carbocycles. The molecule has 0 unspecified atom stereocenters. The van der Waals surface area contributed by atoms with Crippen molar-refractivity contribution in [3.05, 3.63) is 29.3 Å². The molecule has 0 radical (unpaired) electrons. The Morgan fingerprint density at radius 2 is 1.56 bits per heavy atom. The number of benzene rings is 1. The van der Waals surface area contributed by atoms with Gasteiger partial charge in [0, 0.05) is 11.8 Å². The van der Waals surface area contributed by atoms with Gasteiger partial charge < -0.3 is 9.84 Å². The maximum Gasteiger partial charge on any atom is 0.460 e. The standard InChI is InChI=1S/C20H23F7N2O3/c1-11-6-12(2)8-13(7-11)32-10-15(30)29-17(31,16(3,4)5)9-14(28-29)18(21,22)19(23,24)20(25,26)27/h6-8,31H,9-10H2,1-5H3/t17-/m1/s1. The van der Waals surface area contributed by atoms with Crippen molar-refractivity contribution >= 4 is 11.6 Å². The lowest BCUT2D eigenvalue weighted by Crippen LogP contribution is -2.58. The van der Waals surface area contributed by atoms with Crippen LogP contribution in [0.25, 0.3) is 0 Å². The van der Waals surface area contributed by atoms with Gasteiger partial charge >= 0.3 is 18.0 Å². The second-order valence-electron chi connectivity index (χ2n) is 8.75. The summed E-state index contributed by atoms with van der Waals surface area (Å²) in [6.45, 7) is 6.53. The van der Waals surface area contributed by atoms with Gasteiger partial charge in [-0.05, 0) is 37.1 Å². The number of amides is 1. The van der Waals surface area contributed by atoms with Crippen LogP contribution in [0.1, 0.15) is 38.3 Å². The highest BCUT2D eigenvalue weighted by Crippen LogP contribution is 2.51. The molecule has 0 aliphatic carbocycles. The van der Waals surface area contributed by atoms with Crippen molar-refractivity contribution in [1.82, 2.24) is 5.01 Å². The van der Waals surface area contributed by atoms with E-state index in [0.717, 1.165) is 11.1 Å². The molecule has 1 aliphatic rings. The molecule has 0 spiro atoms. The fraction of sp³-hybridized carbons (Fsp3) is 0.600. The largest absolute Gasteiger partial charge is 0.484 e. The molecule has 0 saturated heterocycles. The highest BCUT2D eigenvalue weighted by molar-refractivity contribution is 5.96. The molecule has 180 valence electrons. The minimum atomic E-state index is -6.58. The maximum absolute atomic E-state index is 14.2. The lowest BCUT2D eigenvalue weighted by atomic mass is 9.79. The van der Waals surface area contributed by atoms with E-state index in [1.54, 1.807) is 26.0 Å². The van der Waals surface area contributed by atoms with Gasteiger partial charge in [0.1, 0.15) is 11.5 Å². The fourth-order valence-electron chi connectivity index (χ4n) is 3.15. The number of hydrogen-bond donors (Lipinski definition) is 1. The van der Waals surface area contributed by atoms with E-state index in [9.17, 15) is 40.6 Å². The van der Waals surface area contributed by atoms with E-state index in [0.29, 0.717) is 0 Å². The molecular formula is C20H23F7N2O3. The molecule has 1 heterocycles. The van der Waals surface area contributed by atoms with Crippen LogP contribution in [0.4, 0.5) is 30.7 Å². The summed E-state index contributed by atoms with van der Waals surface area (Å²) in [6.07, 6.45) is -7.99. The molecule has 1 aromatic rings. The zero-order valence-electron chi connectivity index (χ0n) is 18.0. The number of hydrazone groups is 1. The normalized spacial score (nSPS) is 20.4. The lowest BCUT2D eigenvalue weighted by Gasteiger charge is -2.41. The number of rotatable bonds is 5. The summed E-state index contributed by atoms with van der Waals surface area (Å²) in [5.74, 6) is -13.2. The van der Waals surface area contributed by atoms with Gasteiger partial charge in [-0.15, -0.1) is 0 Å². The number of nitrogens with zero attached hydrogens (tertiary/aromatic N) is 2. The van der Waals surface area contributed by atoms with Crippen LogP contribution in [0.5, 0.6) is 5.75 Å². The zero-order chi connectivity index (χ0) is 24.9. The Balaban J connectivity index is 2.40. The molecule has 0 fully saturated rings. The Kier molecular flexibility index (Phi) is 6.38. The van der Waals surface area contributed by atoms with Gasteiger partial charge in [0.15, 0.2) is 12.3 Å². The minimum Gasteiger partial charge on any atom is -0.484 e. The number of aliphatic hydroxyl groups is 1. The third-order valence-corrected chi connectivity index (χ3v) is 5.09. The summed E-state index contributed by atoms with van der Waals surface area (Å²) in [4.78, 5) is 12.6. The number of ether oxygens (including phenoxy) is 1. The second-order valence-corrected chi connectivity index (χ2v) is 8.75. The molecule has 0 aromatic heterocycles. The van der Waals surface area contributed by atoms with Crippen LogP contribution < -0.4 is 4.74 Å². The van der Waals surface area contributed by atoms with Crippen molar-refractivity contribution < 1.29 is 45.4 Å². The van der Waals surface area contributed by atoms with E-state index < -0.39 is 53.8 Å². The minimum absolute atomic E-state index is 0.103. The molecule has 1 atom stereocenters. The van der Waals surface area contributed by atoms with Crippen LogP contribution in [-0.4, -0.2) is 52.1 Å². The quantitative estimate of drug-likeness (QED) is 0.624. The highest BCUT2D eigenvalue weighted by atomic mass is 19.4. The Bertz CT molecular complexity index is 902. The van der Waals surface area contributed by atoms with Crippen molar-refractivity contribution in [2.24, 2.45) is 10.5 Å². The van der Waals surface area contributed by atoms with Crippen LogP contribution in [0.15, 0.2) is 23.3 Å². The van der Waals surface area contributed by atoms with Crippen LogP contribution >= 0.6 is 0 Å². The van der Waals surface area contributed by atoms with Crippen molar-refractivity contribution in [1.29, 1.82) is 0 Å². The summed E-state index contributed by atoms with van der Waals surface area (Å²) >= 11 is 0. The first-order chi connectivity index (χ1) is 14.2. The summed E-state index contributed by atoms with van der Waals surface area (Å²) in [5, 5.41) is 14.1. The van der Waals surface area contributed by atoms with Crippen molar-refractivity contribution in [3.63, 3.8) is 0 Å². The molecule has 12 heteroatoms. The first kappa shape index (κ1) is 25.9. The molecule has 0 bridgehead atoms. The Morgan fingerprint density at radius 3 is 2.00 bits per heavy atom. The smallest absolute Gasteiger partial charge is 0.460 e. The number of carbonyl (C=O) groups excluding carboxylic acids is 1. The first-order valence-corrected chi connectivity index (χ1v) is 9.41. The monoisotopic (exact) mass is 472 g/mol. The number of aryl methyl sites for hydroxylation is 2. The van der Waals surface area contributed by atoms with E-state index in [4.69, 9.17) is 4.74 Å². The number of halogens is 7. The highest BCUT2D eigenvalue weighted by Gasteiger charge is 2.76. The summed E-state index contributed by atoms with van der Waals surface area (Å²) in [5.41, 5.74) is -4.44. The van der Waals surface area contributed by atoms with Gasteiger partial charge in [-0.2, -0.15) is 40.8 Å². The van der Waals surface area contributed by atoms with E-state index in [1.165, 1.54) is 20.8 Å². The third-order valence-electron chi connectivity index (χ3n) is 5.09. The molecule has 5 nitrogen and oxygen atoms in total. The molecule has 1 aliphatic heterocycles. The Hall–Kier alpha value is -2.37. The van der Waals surface area contributed by atoms with E-state index in [2.05, 4.69) is 5.10 Å². The predicted molar refractivity (Wildman–Crippen MR) is 101 cm³/mol. The van der Waals surface area contributed by atoms with Crippen LogP contribution in [0.3, 0.4) is 0 Å². The molecule has 1 N–H and O–H groups in total. The second kappa shape index (κ2) is 7.89. The number of alkyl halides is 7. The van der Waals surface area contributed by atoms with Gasteiger partial charge in [0.05, 0.1) is 0 Å². The molecule has 0 saturated carbocycles. The number of carbonyl (C=O) groups is 1.